The zero-order chi connectivity index (χ0) is 17.7. The highest BCUT2D eigenvalue weighted by molar-refractivity contribution is 5.46. The first-order chi connectivity index (χ1) is 12.2. The van der Waals surface area contributed by atoms with E-state index in [1.807, 2.05) is 12.1 Å². The van der Waals surface area contributed by atoms with Gasteiger partial charge in [-0.1, -0.05) is 25.5 Å². The van der Waals surface area contributed by atoms with Crippen LogP contribution in [0.4, 0.5) is 0 Å². The molecule has 1 N–H and O–H groups in total. The molecule has 2 heterocycles. The van der Waals surface area contributed by atoms with Gasteiger partial charge < -0.3 is 19.3 Å². The number of fused-ring (bicyclic) bond motifs is 1. The average Bonchev–Trinajstić information content (AvgIpc) is 3.01. The summed E-state index contributed by atoms with van der Waals surface area (Å²) in [5.41, 5.74) is 1.16. The SMILES string of the molecule is CCCCOc1c(CN2C[C@@H]3COCC[C@]3(CO)C2)cccc1OC. The Balaban J connectivity index is 1.74. The molecule has 5 nitrogen and oxygen atoms in total. The van der Waals surface area contributed by atoms with Crippen molar-refractivity contribution in [1.29, 1.82) is 0 Å². The number of hydrogen-bond donors (Lipinski definition) is 1. The van der Waals surface area contributed by atoms with Crippen LogP contribution in [0.25, 0.3) is 0 Å². The van der Waals surface area contributed by atoms with Crippen molar-refractivity contribution in [2.75, 3.05) is 46.6 Å². The number of rotatable bonds is 8. The highest BCUT2D eigenvalue weighted by Gasteiger charge is 2.47. The normalized spacial score (nSPS) is 26.4. The van der Waals surface area contributed by atoms with Gasteiger partial charge in [0.25, 0.3) is 0 Å². The number of aliphatic hydroxyl groups excluding tert-OH is 1. The standard InChI is InChI=1S/C20H31NO4/c1-3-4-9-25-19-16(6-5-7-18(19)23-2)11-21-12-17-13-24-10-8-20(17,14-21)15-22/h5-7,17,22H,3-4,8-15H2,1-2H3/t17-,20-/m1/s1. The molecule has 2 aliphatic heterocycles. The van der Waals surface area contributed by atoms with Crippen LogP contribution in [0, 0.1) is 11.3 Å². The summed E-state index contributed by atoms with van der Waals surface area (Å²) in [5.74, 6) is 2.08. The molecular weight excluding hydrogens is 318 g/mol. The lowest BCUT2D eigenvalue weighted by molar-refractivity contribution is -0.0417. The minimum Gasteiger partial charge on any atom is -0.493 e. The smallest absolute Gasteiger partial charge is 0.165 e. The third-order valence-corrected chi connectivity index (χ3v) is 5.68. The van der Waals surface area contributed by atoms with Gasteiger partial charge >= 0.3 is 0 Å². The molecule has 0 bridgehead atoms. The molecular formula is C20H31NO4. The molecule has 0 aromatic heterocycles. The second kappa shape index (κ2) is 8.39. The van der Waals surface area contributed by atoms with Gasteiger partial charge in [0.1, 0.15) is 0 Å². The van der Waals surface area contributed by atoms with Crippen LogP contribution in [0.5, 0.6) is 11.5 Å². The summed E-state index contributed by atoms with van der Waals surface area (Å²) in [6.07, 6.45) is 3.09. The van der Waals surface area contributed by atoms with E-state index in [1.165, 1.54) is 0 Å². The fourth-order valence-electron chi connectivity index (χ4n) is 4.11. The van der Waals surface area contributed by atoms with Gasteiger partial charge in [0.15, 0.2) is 11.5 Å². The van der Waals surface area contributed by atoms with Crippen molar-refractivity contribution in [1.82, 2.24) is 4.90 Å². The highest BCUT2D eigenvalue weighted by atomic mass is 16.5. The lowest BCUT2D eigenvalue weighted by Crippen LogP contribution is -2.41. The Kier molecular flexibility index (Phi) is 6.20. The van der Waals surface area contributed by atoms with Crippen molar-refractivity contribution in [2.45, 2.75) is 32.7 Å². The Morgan fingerprint density at radius 1 is 1.40 bits per heavy atom. The first kappa shape index (κ1) is 18.5. The van der Waals surface area contributed by atoms with Crippen LogP contribution in [-0.4, -0.2) is 56.6 Å². The van der Waals surface area contributed by atoms with Crippen molar-refractivity contribution in [3.8, 4) is 11.5 Å². The Bertz CT molecular complexity index is 565. The molecule has 2 atom stereocenters. The van der Waals surface area contributed by atoms with Crippen LogP contribution < -0.4 is 9.47 Å². The molecule has 1 aromatic rings. The first-order valence-electron chi connectivity index (χ1n) is 9.42. The van der Waals surface area contributed by atoms with Gasteiger partial charge in [0.05, 0.1) is 26.9 Å². The summed E-state index contributed by atoms with van der Waals surface area (Å²) < 4.78 is 17.2. The van der Waals surface area contributed by atoms with Crippen molar-refractivity contribution >= 4 is 0 Å². The number of methoxy groups -OCH3 is 1. The predicted molar refractivity (Wildman–Crippen MR) is 97.1 cm³/mol. The summed E-state index contributed by atoms with van der Waals surface area (Å²) >= 11 is 0. The van der Waals surface area contributed by atoms with E-state index in [0.717, 1.165) is 69.2 Å². The number of likely N-dealkylation sites (tertiary alicyclic amines) is 1. The Morgan fingerprint density at radius 3 is 3.00 bits per heavy atom. The van der Waals surface area contributed by atoms with Crippen LogP contribution in [0.3, 0.4) is 0 Å². The molecule has 0 aliphatic carbocycles. The van der Waals surface area contributed by atoms with Crippen LogP contribution >= 0.6 is 0 Å². The molecule has 25 heavy (non-hydrogen) atoms. The number of hydrogen-bond acceptors (Lipinski definition) is 5. The number of unbranched alkanes of at least 4 members (excludes halogenated alkanes) is 1. The summed E-state index contributed by atoms with van der Waals surface area (Å²) in [4.78, 5) is 2.43. The number of ether oxygens (including phenoxy) is 3. The zero-order valence-electron chi connectivity index (χ0n) is 15.5. The van der Waals surface area contributed by atoms with Crippen LogP contribution in [0.1, 0.15) is 31.7 Å². The third-order valence-electron chi connectivity index (χ3n) is 5.68. The monoisotopic (exact) mass is 349 g/mol. The third kappa shape index (κ3) is 3.94. The van der Waals surface area contributed by atoms with E-state index >= 15 is 0 Å². The second-order valence-electron chi connectivity index (χ2n) is 7.36. The predicted octanol–water partition coefficient (Wildman–Crippen LogP) is 2.70. The van der Waals surface area contributed by atoms with E-state index in [9.17, 15) is 5.11 Å². The van der Waals surface area contributed by atoms with E-state index in [4.69, 9.17) is 14.2 Å². The Hall–Kier alpha value is -1.30. The van der Waals surface area contributed by atoms with E-state index < -0.39 is 0 Å². The fraction of sp³-hybridized carbons (Fsp3) is 0.700. The van der Waals surface area contributed by atoms with E-state index in [-0.39, 0.29) is 12.0 Å². The van der Waals surface area contributed by atoms with Crippen LogP contribution in [0.2, 0.25) is 0 Å². The van der Waals surface area contributed by atoms with Crippen molar-refractivity contribution < 1.29 is 19.3 Å². The maximum absolute atomic E-state index is 9.99. The molecule has 0 unspecified atom stereocenters. The number of aliphatic hydroxyl groups is 1. The lowest BCUT2D eigenvalue weighted by Gasteiger charge is -2.36. The van der Waals surface area contributed by atoms with Crippen molar-refractivity contribution in [3.63, 3.8) is 0 Å². The summed E-state index contributed by atoms with van der Waals surface area (Å²) in [6, 6.07) is 6.10. The first-order valence-corrected chi connectivity index (χ1v) is 9.42. The minimum atomic E-state index is 0.000345. The molecule has 0 amide bonds. The molecule has 5 heteroatoms. The largest absolute Gasteiger partial charge is 0.493 e. The van der Waals surface area contributed by atoms with Crippen LogP contribution in [-0.2, 0) is 11.3 Å². The second-order valence-corrected chi connectivity index (χ2v) is 7.36. The van der Waals surface area contributed by atoms with Crippen molar-refractivity contribution in [3.05, 3.63) is 23.8 Å². The van der Waals surface area contributed by atoms with Gasteiger partial charge in [-0.25, -0.2) is 0 Å². The van der Waals surface area contributed by atoms with Gasteiger partial charge in [-0.3, -0.25) is 4.90 Å². The Morgan fingerprint density at radius 2 is 2.28 bits per heavy atom. The molecule has 0 radical (unpaired) electrons. The zero-order valence-corrected chi connectivity index (χ0v) is 15.5. The molecule has 2 aliphatic rings. The minimum absolute atomic E-state index is 0.000345. The maximum atomic E-state index is 9.99. The van der Waals surface area contributed by atoms with Crippen LogP contribution in [0.15, 0.2) is 18.2 Å². The summed E-state index contributed by atoms with van der Waals surface area (Å²) in [5, 5.41) is 9.99. The van der Waals surface area contributed by atoms with Crippen molar-refractivity contribution in [2.24, 2.45) is 11.3 Å². The molecule has 3 rings (SSSR count). The van der Waals surface area contributed by atoms with E-state index in [0.29, 0.717) is 12.5 Å². The van der Waals surface area contributed by atoms with Gasteiger partial charge in [-0.05, 0) is 18.9 Å². The lowest BCUT2D eigenvalue weighted by atomic mass is 9.75. The van der Waals surface area contributed by atoms with Gasteiger partial charge in [-0.2, -0.15) is 0 Å². The molecule has 140 valence electrons. The highest BCUT2D eigenvalue weighted by Crippen LogP contribution is 2.43. The molecule has 2 saturated heterocycles. The quantitative estimate of drug-likeness (QED) is 0.732. The van der Waals surface area contributed by atoms with Gasteiger partial charge in [0.2, 0.25) is 0 Å². The molecule has 1 aromatic carbocycles. The summed E-state index contributed by atoms with van der Waals surface area (Å²) in [7, 11) is 1.69. The molecule has 0 saturated carbocycles. The van der Waals surface area contributed by atoms with E-state index in [1.54, 1.807) is 7.11 Å². The number of nitrogens with zero attached hydrogens (tertiary/aromatic N) is 1. The molecule has 0 spiro atoms. The van der Waals surface area contributed by atoms with Gasteiger partial charge in [-0.15, -0.1) is 0 Å². The van der Waals surface area contributed by atoms with Gasteiger partial charge in [0, 0.05) is 43.1 Å². The summed E-state index contributed by atoms with van der Waals surface area (Å²) in [6.45, 7) is 7.34. The average molecular weight is 349 g/mol. The van der Waals surface area contributed by atoms with E-state index in [2.05, 4.69) is 17.9 Å². The number of para-hydroxylation sites is 1. The number of benzene rings is 1. The topological polar surface area (TPSA) is 51.2 Å². The fourth-order valence-corrected chi connectivity index (χ4v) is 4.11. The Labute approximate surface area is 150 Å². The molecule has 2 fully saturated rings. The maximum Gasteiger partial charge on any atom is 0.165 e.